The summed E-state index contributed by atoms with van der Waals surface area (Å²) >= 11 is 0. The number of aromatic nitrogens is 3. The van der Waals surface area contributed by atoms with E-state index in [4.69, 9.17) is 14.4 Å². The van der Waals surface area contributed by atoms with Crippen LogP contribution in [0.3, 0.4) is 0 Å². The molecule has 1 unspecified atom stereocenters. The van der Waals surface area contributed by atoms with Crippen molar-refractivity contribution in [3.63, 3.8) is 0 Å². The first kappa shape index (κ1) is 27.6. The topological polar surface area (TPSA) is 47.1 Å². The fourth-order valence-electron chi connectivity index (χ4n) is 7.51. The van der Waals surface area contributed by atoms with Crippen molar-refractivity contribution in [2.24, 2.45) is 7.05 Å². The standard InChI is InChI=1S/C41H31FN4O/c1-41(2)29-16-5-7-18-31(29)46(35-21-10-11-22-43-35)33-24-28(36-27-15-4-9-20-34(27)47-39(36)37(33)41)38(42)25-13-12-14-26(23-25)40-44-30-17-6-8-19-32(30)45(40)3/h4-24,38H,1-3H3. The van der Waals surface area contributed by atoms with Gasteiger partial charge in [-0.15, -0.1) is 0 Å². The summed E-state index contributed by atoms with van der Waals surface area (Å²) in [7, 11) is 2.00. The summed E-state index contributed by atoms with van der Waals surface area (Å²) in [5.41, 5.74) is 8.96. The Hall–Kier alpha value is -5.75. The van der Waals surface area contributed by atoms with Gasteiger partial charge in [0.15, 0.2) is 6.17 Å². The van der Waals surface area contributed by atoms with Crippen LogP contribution in [0.15, 0.2) is 132 Å². The molecule has 0 N–H and O–H groups in total. The lowest BCUT2D eigenvalue weighted by Gasteiger charge is -2.41. The van der Waals surface area contributed by atoms with E-state index in [0.29, 0.717) is 16.7 Å². The van der Waals surface area contributed by atoms with E-state index >= 15 is 4.39 Å². The highest BCUT2D eigenvalue weighted by atomic mass is 19.1. The normalized spacial score (nSPS) is 14.4. The zero-order valence-electron chi connectivity index (χ0n) is 26.3. The maximum absolute atomic E-state index is 17.5. The average molecular weight is 615 g/mol. The van der Waals surface area contributed by atoms with E-state index in [2.05, 4.69) is 47.6 Å². The average Bonchev–Trinajstić information content (AvgIpc) is 3.66. The highest BCUT2D eigenvalue weighted by molar-refractivity contribution is 6.11. The van der Waals surface area contributed by atoms with Gasteiger partial charge in [0.25, 0.3) is 0 Å². The molecular formula is C41H31FN4O. The summed E-state index contributed by atoms with van der Waals surface area (Å²) in [4.78, 5) is 11.8. The van der Waals surface area contributed by atoms with Gasteiger partial charge in [-0.25, -0.2) is 14.4 Å². The number of anilines is 3. The number of rotatable bonds is 4. The Morgan fingerprint density at radius 1 is 0.787 bits per heavy atom. The van der Waals surface area contributed by atoms with Crippen LogP contribution in [-0.2, 0) is 12.5 Å². The Balaban J connectivity index is 1.31. The number of pyridine rings is 1. The third-order valence-corrected chi connectivity index (χ3v) is 9.72. The van der Waals surface area contributed by atoms with E-state index in [-0.39, 0.29) is 0 Å². The molecule has 1 atom stereocenters. The van der Waals surface area contributed by atoms with Crippen LogP contribution in [0, 0.1) is 0 Å². The fourth-order valence-corrected chi connectivity index (χ4v) is 7.51. The molecule has 0 fully saturated rings. The molecule has 0 radical (unpaired) electrons. The van der Waals surface area contributed by atoms with Gasteiger partial charge in [-0.1, -0.05) is 86.6 Å². The van der Waals surface area contributed by atoms with Crippen LogP contribution in [0.4, 0.5) is 21.6 Å². The maximum atomic E-state index is 17.5. The van der Waals surface area contributed by atoms with Crippen LogP contribution >= 0.6 is 0 Å². The van der Waals surface area contributed by atoms with Crippen molar-refractivity contribution in [1.82, 2.24) is 14.5 Å². The molecule has 8 aromatic rings. The van der Waals surface area contributed by atoms with Gasteiger partial charge in [0, 0.05) is 46.1 Å². The molecule has 0 amide bonds. The first-order valence-electron chi connectivity index (χ1n) is 15.9. The minimum absolute atomic E-state index is 0.437. The molecule has 3 aromatic heterocycles. The molecule has 6 heteroatoms. The Bertz CT molecular complexity index is 2490. The third kappa shape index (κ3) is 4.01. The molecule has 0 saturated carbocycles. The minimum Gasteiger partial charge on any atom is -0.456 e. The van der Waals surface area contributed by atoms with Crippen LogP contribution in [0.25, 0.3) is 44.4 Å². The molecule has 9 rings (SSSR count). The van der Waals surface area contributed by atoms with E-state index in [1.54, 1.807) is 6.20 Å². The van der Waals surface area contributed by atoms with E-state index in [1.165, 1.54) is 0 Å². The quantitative estimate of drug-likeness (QED) is 0.198. The van der Waals surface area contributed by atoms with E-state index in [9.17, 15) is 0 Å². The third-order valence-electron chi connectivity index (χ3n) is 9.72. The Labute approximate surface area is 271 Å². The summed E-state index contributed by atoms with van der Waals surface area (Å²) in [6, 6.07) is 40.0. The SMILES string of the molecule is Cn1c(-c2cccc(C(F)c3cc4c(c5oc6ccccc6c35)C(C)(C)c3ccccc3N4c3ccccn3)c2)nc2ccccc21. The second-order valence-corrected chi connectivity index (χ2v) is 12.8. The lowest BCUT2D eigenvalue weighted by atomic mass is 9.72. The van der Waals surface area contributed by atoms with Crippen molar-refractivity contribution < 1.29 is 8.81 Å². The number of furan rings is 1. The molecule has 1 aliphatic heterocycles. The maximum Gasteiger partial charge on any atom is 0.151 e. The zero-order chi connectivity index (χ0) is 31.9. The van der Waals surface area contributed by atoms with Gasteiger partial charge in [-0.2, -0.15) is 0 Å². The van der Waals surface area contributed by atoms with Crippen LogP contribution in [0.1, 0.15) is 42.3 Å². The second kappa shape index (κ2) is 10.1. The van der Waals surface area contributed by atoms with Crippen molar-refractivity contribution in [2.45, 2.75) is 25.4 Å². The molecule has 4 heterocycles. The molecule has 5 aromatic carbocycles. The van der Waals surface area contributed by atoms with E-state index in [0.717, 1.165) is 67.1 Å². The number of nitrogens with zero attached hydrogens (tertiary/aromatic N) is 4. The van der Waals surface area contributed by atoms with E-state index < -0.39 is 11.6 Å². The molecule has 0 saturated heterocycles. The molecule has 228 valence electrons. The first-order chi connectivity index (χ1) is 22.9. The Kier molecular flexibility index (Phi) is 5.94. The number of alkyl halides is 1. The van der Waals surface area contributed by atoms with Gasteiger partial charge < -0.3 is 8.98 Å². The summed E-state index contributed by atoms with van der Waals surface area (Å²) < 4.78 is 26.3. The summed E-state index contributed by atoms with van der Waals surface area (Å²) in [5.74, 6) is 1.56. The molecule has 1 aliphatic rings. The number of halogens is 1. The number of imidazole rings is 1. The van der Waals surface area contributed by atoms with Crippen molar-refractivity contribution >= 4 is 50.2 Å². The Morgan fingerprint density at radius 2 is 1.57 bits per heavy atom. The molecule has 0 spiro atoms. The summed E-state index contributed by atoms with van der Waals surface area (Å²) in [5, 5.41) is 1.70. The molecule has 5 nitrogen and oxygen atoms in total. The fraction of sp³-hybridized carbons (Fsp3) is 0.122. The Morgan fingerprint density at radius 3 is 2.43 bits per heavy atom. The second-order valence-electron chi connectivity index (χ2n) is 12.8. The number of benzene rings is 5. The number of hydrogen-bond donors (Lipinski definition) is 0. The van der Waals surface area contributed by atoms with Crippen molar-refractivity contribution in [3.05, 3.63) is 150 Å². The highest BCUT2D eigenvalue weighted by Gasteiger charge is 2.41. The largest absolute Gasteiger partial charge is 0.456 e. The van der Waals surface area contributed by atoms with Crippen LogP contribution in [0.2, 0.25) is 0 Å². The number of aryl methyl sites for hydroxylation is 1. The van der Waals surface area contributed by atoms with Gasteiger partial charge in [-0.3, -0.25) is 4.90 Å². The van der Waals surface area contributed by atoms with Crippen molar-refractivity contribution in [3.8, 4) is 11.4 Å². The zero-order valence-corrected chi connectivity index (χ0v) is 26.3. The van der Waals surface area contributed by atoms with Crippen LogP contribution in [0.5, 0.6) is 0 Å². The summed E-state index contributed by atoms with van der Waals surface area (Å²) in [6.07, 6.45) is 0.354. The van der Waals surface area contributed by atoms with Crippen LogP contribution in [-0.4, -0.2) is 14.5 Å². The highest BCUT2D eigenvalue weighted by Crippen LogP contribution is 2.56. The monoisotopic (exact) mass is 614 g/mol. The van der Waals surface area contributed by atoms with Gasteiger partial charge in [0.1, 0.15) is 22.8 Å². The molecule has 0 aliphatic carbocycles. The lowest BCUT2D eigenvalue weighted by molar-refractivity contribution is 0.404. The van der Waals surface area contributed by atoms with Gasteiger partial charge in [0.05, 0.1) is 22.4 Å². The summed E-state index contributed by atoms with van der Waals surface area (Å²) in [6.45, 7) is 4.44. The minimum atomic E-state index is -1.44. The van der Waals surface area contributed by atoms with Gasteiger partial charge in [-0.05, 0) is 59.7 Å². The van der Waals surface area contributed by atoms with Gasteiger partial charge >= 0.3 is 0 Å². The van der Waals surface area contributed by atoms with Crippen molar-refractivity contribution in [2.75, 3.05) is 4.90 Å². The van der Waals surface area contributed by atoms with Crippen molar-refractivity contribution in [1.29, 1.82) is 0 Å². The predicted molar refractivity (Wildman–Crippen MR) is 187 cm³/mol. The van der Waals surface area contributed by atoms with E-state index in [1.807, 2.05) is 104 Å². The smallest absolute Gasteiger partial charge is 0.151 e. The molecule has 47 heavy (non-hydrogen) atoms. The molecule has 0 bridgehead atoms. The van der Waals surface area contributed by atoms with Crippen LogP contribution < -0.4 is 4.90 Å². The predicted octanol–water partition coefficient (Wildman–Crippen LogP) is 10.7. The lowest BCUT2D eigenvalue weighted by Crippen LogP contribution is -2.31. The first-order valence-corrected chi connectivity index (χ1v) is 15.9. The number of hydrogen-bond acceptors (Lipinski definition) is 4. The molecular weight excluding hydrogens is 583 g/mol. The number of fused-ring (bicyclic) bond motifs is 7. The number of para-hydroxylation sites is 4. The van der Waals surface area contributed by atoms with Gasteiger partial charge in [0.2, 0.25) is 0 Å².